The zero-order chi connectivity index (χ0) is 26.5. The van der Waals surface area contributed by atoms with E-state index >= 15 is 0 Å². The summed E-state index contributed by atoms with van der Waals surface area (Å²) in [4.78, 5) is 26.4. The van der Waals surface area contributed by atoms with Crippen molar-refractivity contribution in [2.45, 2.75) is 0 Å². The number of hydrogen-bond donors (Lipinski definition) is 2. The SMILES string of the molecule is Nc1ccc(Oc2ccc(C(=O)c3cccc(C(=O)c4cccc(Oc5ccc(N)cc5)c4)c3)cc2)cc1. The van der Waals surface area contributed by atoms with Crippen molar-refractivity contribution in [2.24, 2.45) is 0 Å². The molecule has 0 unspecified atom stereocenters. The average molecular weight is 501 g/mol. The summed E-state index contributed by atoms with van der Waals surface area (Å²) in [6.45, 7) is 0. The Labute approximate surface area is 220 Å². The predicted octanol–water partition coefficient (Wildman–Crippen LogP) is 6.90. The third-order valence-electron chi connectivity index (χ3n) is 5.83. The minimum absolute atomic E-state index is 0.195. The lowest BCUT2D eigenvalue weighted by molar-refractivity contribution is 0.103. The summed E-state index contributed by atoms with van der Waals surface area (Å²) in [6.07, 6.45) is 0. The molecule has 0 aliphatic carbocycles. The van der Waals surface area contributed by atoms with Crippen LogP contribution in [-0.4, -0.2) is 11.6 Å². The van der Waals surface area contributed by atoms with Crippen LogP contribution in [0.2, 0.25) is 0 Å². The van der Waals surface area contributed by atoms with Crippen LogP contribution >= 0.6 is 0 Å². The van der Waals surface area contributed by atoms with Gasteiger partial charge in [0.25, 0.3) is 0 Å². The Morgan fingerprint density at radius 1 is 0.421 bits per heavy atom. The number of nitrogens with two attached hydrogens (primary N) is 2. The van der Waals surface area contributed by atoms with E-state index in [0.29, 0.717) is 56.6 Å². The Balaban J connectivity index is 1.30. The molecule has 5 rings (SSSR count). The zero-order valence-corrected chi connectivity index (χ0v) is 20.3. The highest BCUT2D eigenvalue weighted by molar-refractivity contribution is 6.13. The molecule has 0 saturated carbocycles. The summed E-state index contributed by atoms with van der Waals surface area (Å²) in [5.41, 5.74) is 14.5. The molecular weight excluding hydrogens is 476 g/mol. The van der Waals surface area contributed by atoms with Crippen LogP contribution < -0.4 is 20.9 Å². The summed E-state index contributed by atoms with van der Waals surface area (Å²) in [6, 6.07) is 34.5. The van der Waals surface area contributed by atoms with Gasteiger partial charge in [0.05, 0.1) is 0 Å². The van der Waals surface area contributed by atoms with Crippen molar-refractivity contribution in [1.29, 1.82) is 0 Å². The topological polar surface area (TPSA) is 105 Å². The Kier molecular flexibility index (Phi) is 6.87. The summed E-state index contributed by atoms with van der Waals surface area (Å²) in [5, 5.41) is 0. The minimum Gasteiger partial charge on any atom is -0.457 e. The molecule has 0 aliphatic rings. The van der Waals surface area contributed by atoms with Crippen molar-refractivity contribution < 1.29 is 19.1 Å². The molecule has 6 heteroatoms. The molecule has 0 aliphatic heterocycles. The van der Waals surface area contributed by atoms with Crippen LogP contribution in [-0.2, 0) is 0 Å². The van der Waals surface area contributed by atoms with Gasteiger partial charge >= 0.3 is 0 Å². The van der Waals surface area contributed by atoms with Crippen LogP contribution in [0.1, 0.15) is 31.8 Å². The second kappa shape index (κ2) is 10.7. The highest BCUT2D eigenvalue weighted by atomic mass is 16.5. The molecule has 0 radical (unpaired) electrons. The van der Waals surface area contributed by atoms with Crippen LogP contribution in [0.3, 0.4) is 0 Å². The second-order valence-electron chi connectivity index (χ2n) is 8.63. The van der Waals surface area contributed by atoms with Gasteiger partial charge in [-0.15, -0.1) is 0 Å². The number of benzene rings is 5. The van der Waals surface area contributed by atoms with E-state index in [9.17, 15) is 9.59 Å². The van der Waals surface area contributed by atoms with Gasteiger partial charge < -0.3 is 20.9 Å². The van der Waals surface area contributed by atoms with Crippen LogP contribution in [0.4, 0.5) is 11.4 Å². The van der Waals surface area contributed by atoms with Gasteiger partial charge in [0, 0.05) is 33.6 Å². The highest BCUT2D eigenvalue weighted by Gasteiger charge is 2.15. The molecule has 0 bridgehead atoms. The first-order chi connectivity index (χ1) is 18.4. The molecule has 0 atom stereocenters. The number of anilines is 2. The van der Waals surface area contributed by atoms with Crippen LogP contribution in [0.25, 0.3) is 0 Å². The fourth-order valence-electron chi connectivity index (χ4n) is 3.85. The van der Waals surface area contributed by atoms with Gasteiger partial charge in [-0.2, -0.15) is 0 Å². The largest absolute Gasteiger partial charge is 0.457 e. The summed E-state index contributed by atoms with van der Waals surface area (Å²) >= 11 is 0. The van der Waals surface area contributed by atoms with Gasteiger partial charge in [0.15, 0.2) is 11.6 Å². The van der Waals surface area contributed by atoms with Gasteiger partial charge in [-0.1, -0.05) is 30.3 Å². The summed E-state index contributed by atoms with van der Waals surface area (Å²) in [5.74, 6) is 1.97. The standard InChI is InChI=1S/C32H24N2O4/c33-25-9-15-28(16-10-25)37-27-13-7-21(8-14-27)31(35)22-3-1-4-23(19-22)32(36)24-5-2-6-30(20-24)38-29-17-11-26(34)12-18-29/h1-20H,33-34H2. The number of carbonyl (C=O) groups excluding carboxylic acids is 2. The van der Waals surface area contributed by atoms with E-state index in [4.69, 9.17) is 20.9 Å². The number of ether oxygens (including phenoxy) is 2. The lowest BCUT2D eigenvalue weighted by Crippen LogP contribution is -2.06. The molecule has 0 spiro atoms. The van der Waals surface area contributed by atoms with E-state index in [0.717, 1.165) is 0 Å². The Morgan fingerprint density at radius 3 is 1.34 bits per heavy atom. The fourth-order valence-corrected chi connectivity index (χ4v) is 3.85. The van der Waals surface area contributed by atoms with Crippen molar-refractivity contribution in [3.63, 3.8) is 0 Å². The van der Waals surface area contributed by atoms with Crippen molar-refractivity contribution >= 4 is 22.9 Å². The smallest absolute Gasteiger partial charge is 0.193 e. The second-order valence-corrected chi connectivity index (χ2v) is 8.63. The maximum absolute atomic E-state index is 13.2. The number of hydrogen-bond acceptors (Lipinski definition) is 6. The number of carbonyl (C=O) groups is 2. The first kappa shape index (κ1) is 24.3. The Morgan fingerprint density at radius 2 is 0.816 bits per heavy atom. The quantitative estimate of drug-likeness (QED) is 0.177. The van der Waals surface area contributed by atoms with Crippen molar-refractivity contribution in [3.8, 4) is 23.0 Å². The third kappa shape index (κ3) is 5.71. The summed E-state index contributed by atoms with van der Waals surface area (Å²) in [7, 11) is 0. The van der Waals surface area contributed by atoms with E-state index in [2.05, 4.69) is 0 Å². The Hall–Kier alpha value is -5.36. The zero-order valence-electron chi connectivity index (χ0n) is 20.3. The number of nitrogen functional groups attached to an aromatic ring is 2. The predicted molar refractivity (Wildman–Crippen MR) is 148 cm³/mol. The fraction of sp³-hybridized carbons (Fsp3) is 0. The molecule has 0 amide bonds. The lowest BCUT2D eigenvalue weighted by atomic mass is 9.97. The van der Waals surface area contributed by atoms with Gasteiger partial charge in [-0.3, -0.25) is 9.59 Å². The van der Waals surface area contributed by atoms with Crippen molar-refractivity contribution in [3.05, 3.63) is 144 Å². The molecule has 4 N–H and O–H groups in total. The molecule has 0 heterocycles. The maximum Gasteiger partial charge on any atom is 0.193 e. The number of ketones is 2. The van der Waals surface area contributed by atoms with Gasteiger partial charge in [-0.05, 0) is 91.0 Å². The monoisotopic (exact) mass is 500 g/mol. The molecule has 5 aromatic carbocycles. The summed E-state index contributed by atoms with van der Waals surface area (Å²) < 4.78 is 11.7. The molecule has 38 heavy (non-hydrogen) atoms. The third-order valence-corrected chi connectivity index (χ3v) is 5.83. The molecule has 0 fully saturated rings. The van der Waals surface area contributed by atoms with E-state index in [1.807, 2.05) is 0 Å². The van der Waals surface area contributed by atoms with Crippen molar-refractivity contribution in [2.75, 3.05) is 11.5 Å². The van der Waals surface area contributed by atoms with E-state index < -0.39 is 0 Å². The first-order valence-corrected chi connectivity index (χ1v) is 11.9. The number of rotatable bonds is 8. The first-order valence-electron chi connectivity index (χ1n) is 11.9. The van der Waals surface area contributed by atoms with Crippen LogP contribution in [0.15, 0.2) is 121 Å². The molecular formula is C32H24N2O4. The highest BCUT2D eigenvalue weighted by Crippen LogP contribution is 2.26. The van der Waals surface area contributed by atoms with Crippen LogP contribution in [0.5, 0.6) is 23.0 Å². The molecule has 5 aromatic rings. The molecule has 0 saturated heterocycles. The normalized spacial score (nSPS) is 10.5. The maximum atomic E-state index is 13.2. The molecule has 0 aromatic heterocycles. The van der Waals surface area contributed by atoms with Gasteiger partial charge in [0.1, 0.15) is 23.0 Å². The van der Waals surface area contributed by atoms with Gasteiger partial charge in [0.2, 0.25) is 0 Å². The van der Waals surface area contributed by atoms with E-state index in [-0.39, 0.29) is 11.6 Å². The van der Waals surface area contributed by atoms with Crippen LogP contribution in [0, 0.1) is 0 Å². The lowest BCUT2D eigenvalue weighted by Gasteiger charge is -2.09. The minimum atomic E-state index is -0.213. The average Bonchev–Trinajstić information content (AvgIpc) is 2.95. The molecule has 6 nitrogen and oxygen atoms in total. The molecule has 186 valence electrons. The van der Waals surface area contributed by atoms with E-state index in [1.165, 1.54) is 0 Å². The van der Waals surface area contributed by atoms with Gasteiger partial charge in [-0.25, -0.2) is 0 Å². The van der Waals surface area contributed by atoms with E-state index in [1.54, 1.807) is 121 Å². The van der Waals surface area contributed by atoms with Crippen molar-refractivity contribution in [1.82, 2.24) is 0 Å². The Bertz CT molecular complexity index is 1590.